The molecule has 0 N–H and O–H groups in total. The Labute approximate surface area is 137 Å². The predicted octanol–water partition coefficient (Wildman–Crippen LogP) is 3.36. The van der Waals surface area contributed by atoms with Crippen molar-refractivity contribution >= 4 is 11.4 Å². The first-order valence-electron chi connectivity index (χ1n) is 8.61. The molecular weight excluding hydrogens is 288 g/mol. The van der Waals surface area contributed by atoms with Crippen LogP contribution in [0.1, 0.15) is 43.0 Å². The minimum absolute atomic E-state index is 0.125. The van der Waals surface area contributed by atoms with Gasteiger partial charge in [-0.15, -0.1) is 0 Å². The largest absolute Gasteiger partial charge is 0.378 e. The van der Waals surface area contributed by atoms with Crippen molar-refractivity contribution in [3.05, 3.63) is 42.2 Å². The average Bonchev–Trinajstić information content (AvgIpc) is 2.92. The van der Waals surface area contributed by atoms with Crippen LogP contribution >= 0.6 is 0 Å². The number of fused-ring (bicyclic) bond motifs is 1. The summed E-state index contributed by atoms with van der Waals surface area (Å²) >= 11 is 0. The molecule has 0 aromatic carbocycles. The van der Waals surface area contributed by atoms with Crippen molar-refractivity contribution in [2.75, 3.05) is 13.7 Å². The molecule has 2 fully saturated rings. The lowest BCUT2D eigenvalue weighted by Crippen LogP contribution is -2.67. The quantitative estimate of drug-likeness (QED) is 0.867. The first-order valence-corrected chi connectivity index (χ1v) is 8.61. The van der Waals surface area contributed by atoms with Crippen LogP contribution in [0.5, 0.6) is 0 Å². The third-order valence-corrected chi connectivity index (χ3v) is 5.93. The van der Waals surface area contributed by atoms with Crippen molar-refractivity contribution in [3.8, 4) is 0 Å². The topological polar surface area (TPSA) is 34.0 Å². The third-order valence-electron chi connectivity index (χ3n) is 5.93. The first kappa shape index (κ1) is 14.8. The molecule has 23 heavy (non-hydrogen) atoms. The Morgan fingerprint density at radius 1 is 1.43 bits per heavy atom. The average molecular weight is 312 g/mol. The zero-order valence-electron chi connectivity index (χ0n) is 13.9. The van der Waals surface area contributed by atoms with Gasteiger partial charge in [-0.25, -0.2) is 0 Å². The molecule has 2 saturated carbocycles. The fourth-order valence-electron chi connectivity index (χ4n) is 4.46. The van der Waals surface area contributed by atoms with Gasteiger partial charge in [-0.2, -0.15) is 0 Å². The van der Waals surface area contributed by atoms with Crippen LogP contribution in [-0.2, 0) is 4.74 Å². The Kier molecular flexibility index (Phi) is 3.45. The molecule has 0 saturated heterocycles. The monoisotopic (exact) mass is 312 g/mol. The van der Waals surface area contributed by atoms with E-state index in [0.29, 0.717) is 12.1 Å². The molecule has 2 aromatic rings. The number of aromatic nitrogens is 1. The van der Waals surface area contributed by atoms with E-state index in [-0.39, 0.29) is 11.3 Å². The summed E-state index contributed by atoms with van der Waals surface area (Å²) in [5.74, 6) is 0.125. The maximum absolute atomic E-state index is 12.9. The SMILES string of the molecule is CCO[C@H]1C[C@@H](N(C)C(=O)c2cc3ccccn3c2)C12CCC2. The van der Waals surface area contributed by atoms with Gasteiger partial charge in [0.2, 0.25) is 0 Å². The van der Waals surface area contributed by atoms with Crippen LogP contribution in [0.4, 0.5) is 0 Å². The van der Waals surface area contributed by atoms with Gasteiger partial charge in [0.1, 0.15) is 0 Å². The van der Waals surface area contributed by atoms with E-state index in [2.05, 4.69) is 6.92 Å². The second-order valence-corrected chi connectivity index (χ2v) is 6.96. The summed E-state index contributed by atoms with van der Waals surface area (Å²) in [6, 6.07) is 8.30. The van der Waals surface area contributed by atoms with Crippen molar-refractivity contribution in [2.24, 2.45) is 5.41 Å². The predicted molar refractivity (Wildman–Crippen MR) is 89.6 cm³/mol. The highest BCUT2D eigenvalue weighted by Gasteiger charge is 2.60. The molecule has 2 aromatic heterocycles. The normalized spacial score (nSPS) is 25.1. The second kappa shape index (κ2) is 5.38. The summed E-state index contributed by atoms with van der Waals surface area (Å²) in [5, 5.41) is 0. The molecule has 1 amide bonds. The molecule has 1 spiro atoms. The fraction of sp³-hybridized carbons (Fsp3) is 0.526. The van der Waals surface area contributed by atoms with E-state index in [9.17, 15) is 4.79 Å². The number of hydrogen-bond donors (Lipinski definition) is 0. The van der Waals surface area contributed by atoms with E-state index < -0.39 is 0 Å². The molecule has 2 atom stereocenters. The first-order chi connectivity index (χ1) is 11.2. The Bertz CT molecular complexity index is 699. The number of ether oxygens (including phenoxy) is 1. The van der Waals surface area contributed by atoms with Gasteiger partial charge >= 0.3 is 0 Å². The fourth-order valence-corrected chi connectivity index (χ4v) is 4.46. The van der Waals surface area contributed by atoms with Crippen LogP contribution in [0.15, 0.2) is 36.7 Å². The maximum Gasteiger partial charge on any atom is 0.255 e. The van der Waals surface area contributed by atoms with Crippen LogP contribution in [0.3, 0.4) is 0 Å². The maximum atomic E-state index is 12.9. The van der Waals surface area contributed by atoms with Gasteiger partial charge in [-0.1, -0.05) is 12.5 Å². The zero-order valence-corrected chi connectivity index (χ0v) is 13.9. The van der Waals surface area contributed by atoms with Crippen LogP contribution in [0.2, 0.25) is 0 Å². The summed E-state index contributed by atoms with van der Waals surface area (Å²) in [7, 11) is 1.96. The molecule has 4 heteroatoms. The van der Waals surface area contributed by atoms with Gasteiger partial charge in [-0.05, 0) is 44.4 Å². The van der Waals surface area contributed by atoms with E-state index in [1.165, 1.54) is 19.3 Å². The lowest BCUT2D eigenvalue weighted by Gasteiger charge is -2.63. The van der Waals surface area contributed by atoms with Crippen LogP contribution in [0, 0.1) is 5.41 Å². The summed E-state index contributed by atoms with van der Waals surface area (Å²) in [5.41, 5.74) is 2.05. The molecular formula is C19H24N2O2. The van der Waals surface area contributed by atoms with Crippen LogP contribution in [0.25, 0.3) is 5.52 Å². The minimum atomic E-state index is 0.125. The van der Waals surface area contributed by atoms with E-state index in [1.54, 1.807) is 0 Å². The van der Waals surface area contributed by atoms with Crippen molar-refractivity contribution in [1.82, 2.24) is 9.30 Å². The van der Waals surface area contributed by atoms with E-state index in [0.717, 1.165) is 24.1 Å². The number of hydrogen-bond acceptors (Lipinski definition) is 2. The molecule has 0 unspecified atom stereocenters. The Morgan fingerprint density at radius 3 is 2.91 bits per heavy atom. The second-order valence-electron chi connectivity index (χ2n) is 6.96. The molecule has 2 aliphatic rings. The van der Waals surface area contributed by atoms with E-state index in [1.807, 2.05) is 53.0 Å². The summed E-state index contributed by atoms with van der Waals surface area (Å²) in [4.78, 5) is 14.9. The lowest BCUT2D eigenvalue weighted by atomic mass is 9.50. The summed E-state index contributed by atoms with van der Waals surface area (Å²) in [6.45, 7) is 2.82. The van der Waals surface area contributed by atoms with Crippen molar-refractivity contribution in [3.63, 3.8) is 0 Å². The number of amides is 1. The standard InChI is InChI=1S/C19H24N2O2/c1-3-23-17-12-16(19(17)8-6-9-19)20(2)18(22)14-11-15-7-4-5-10-21(15)13-14/h4-5,7,10-11,13,16-17H,3,6,8-9,12H2,1-2H3/t16-,17+/m1/s1. The number of rotatable bonds is 4. The van der Waals surface area contributed by atoms with Gasteiger partial charge in [-0.3, -0.25) is 4.79 Å². The lowest BCUT2D eigenvalue weighted by molar-refractivity contribution is -0.192. The van der Waals surface area contributed by atoms with Gasteiger partial charge < -0.3 is 14.0 Å². The van der Waals surface area contributed by atoms with Gasteiger partial charge in [0.15, 0.2) is 0 Å². The highest BCUT2D eigenvalue weighted by molar-refractivity contribution is 5.95. The molecule has 0 aliphatic heterocycles. The molecule has 0 radical (unpaired) electrons. The van der Waals surface area contributed by atoms with Gasteiger partial charge in [0.25, 0.3) is 5.91 Å². The molecule has 122 valence electrons. The molecule has 2 aliphatic carbocycles. The van der Waals surface area contributed by atoms with Gasteiger partial charge in [0.05, 0.1) is 11.7 Å². The number of nitrogens with zero attached hydrogens (tertiary/aromatic N) is 2. The van der Waals surface area contributed by atoms with Crippen molar-refractivity contribution in [2.45, 2.75) is 44.8 Å². The Balaban J connectivity index is 1.54. The Morgan fingerprint density at radius 2 is 2.26 bits per heavy atom. The van der Waals surface area contributed by atoms with Crippen molar-refractivity contribution < 1.29 is 9.53 Å². The summed E-state index contributed by atoms with van der Waals surface area (Å²) < 4.78 is 7.91. The minimum Gasteiger partial charge on any atom is -0.378 e. The molecule has 4 nitrogen and oxygen atoms in total. The van der Waals surface area contributed by atoms with E-state index >= 15 is 0 Å². The highest BCUT2D eigenvalue weighted by atomic mass is 16.5. The molecule has 2 heterocycles. The molecule has 4 rings (SSSR count). The van der Waals surface area contributed by atoms with Crippen LogP contribution < -0.4 is 0 Å². The number of carbonyl (C=O) groups excluding carboxylic acids is 1. The smallest absolute Gasteiger partial charge is 0.255 e. The zero-order chi connectivity index (χ0) is 16.0. The molecule has 0 bridgehead atoms. The Hall–Kier alpha value is -1.81. The van der Waals surface area contributed by atoms with Crippen LogP contribution in [-0.4, -0.2) is 41.0 Å². The van der Waals surface area contributed by atoms with E-state index in [4.69, 9.17) is 4.74 Å². The highest BCUT2D eigenvalue weighted by Crippen LogP contribution is 2.59. The number of pyridine rings is 1. The number of carbonyl (C=O) groups is 1. The summed E-state index contributed by atoms with van der Waals surface area (Å²) in [6.07, 6.45) is 8.88. The van der Waals surface area contributed by atoms with Crippen molar-refractivity contribution in [1.29, 1.82) is 0 Å². The third kappa shape index (κ3) is 2.12. The van der Waals surface area contributed by atoms with Gasteiger partial charge in [0, 0.05) is 43.0 Å².